The van der Waals surface area contributed by atoms with Crippen LogP contribution in [0, 0.1) is 6.92 Å². The quantitative estimate of drug-likeness (QED) is 0.350. The van der Waals surface area contributed by atoms with Crippen molar-refractivity contribution in [3.05, 3.63) is 80.0 Å². The summed E-state index contributed by atoms with van der Waals surface area (Å²) in [5, 5.41) is 9.80. The number of nitrogens with zero attached hydrogens (tertiary/aromatic N) is 3. The van der Waals surface area contributed by atoms with Crippen molar-refractivity contribution in [1.82, 2.24) is 15.2 Å². The summed E-state index contributed by atoms with van der Waals surface area (Å²) in [5.41, 5.74) is 11.0. The summed E-state index contributed by atoms with van der Waals surface area (Å²) in [5.74, 6) is -0.361. The van der Waals surface area contributed by atoms with Gasteiger partial charge in [-0.2, -0.15) is 10.2 Å². The third-order valence-corrected chi connectivity index (χ3v) is 5.12. The number of carbonyl (C=O) groups is 1. The molecule has 0 saturated heterocycles. The minimum Gasteiger partial charge on any atom is -0.399 e. The van der Waals surface area contributed by atoms with Crippen LogP contribution in [-0.2, 0) is 6.54 Å². The Kier molecular flexibility index (Phi) is 6.24. The van der Waals surface area contributed by atoms with Gasteiger partial charge in [-0.3, -0.25) is 4.79 Å². The van der Waals surface area contributed by atoms with Gasteiger partial charge in [0.15, 0.2) is 0 Å². The highest BCUT2D eigenvalue weighted by Crippen LogP contribution is 2.27. The van der Waals surface area contributed by atoms with Crippen molar-refractivity contribution in [2.75, 3.05) is 5.73 Å². The molecule has 0 saturated carbocycles. The number of hydrogen-bond acceptors (Lipinski definition) is 4. The van der Waals surface area contributed by atoms with E-state index in [0.29, 0.717) is 44.3 Å². The van der Waals surface area contributed by atoms with Crippen LogP contribution in [0.5, 0.6) is 0 Å². The zero-order chi connectivity index (χ0) is 20.3. The number of nitrogen functional groups attached to an aromatic ring is 1. The van der Waals surface area contributed by atoms with Crippen LogP contribution in [0.1, 0.15) is 27.2 Å². The number of anilines is 1. The van der Waals surface area contributed by atoms with E-state index >= 15 is 0 Å². The van der Waals surface area contributed by atoms with Crippen LogP contribution in [-0.4, -0.2) is 21.9 Å². The molecular formula is C19H16Cl3N5O. The maximum atomic E-state index is 12.1. The summed E-state index contributed by atoms with van der Waals surface area (Å²) < 4.78 is 1.58. The number of nitrogens with one attached hydrogen (secondary N) is 1. The zero-order valence-corrected chi connectivity index (χ0v) is 17.1. The predicted molar refractivity (Wildman–Crippen MR) is 113 cm³/mol. The Bertz CT molecular complexity index is 1020. The molecule has 0 bridgehead atoms. The number of aryl methyl sites for hydroxylation is 1. The van der Waals surface area contributed by atoms with Crippen LogP contribution in [0.15, 0.2) is 47.6 Å². The highest BCUT2D eigenvalue weighted by molar-refractivity contribution is 6.36. The van der Waals surface area contributed by atoms with E-state index < -0.39 is 0 Å². The fraction of sp³-hybridized carbons (Fsp3) is 0.105. The van der Waals surface area contributed by atoms with Crippen LogP contribution in [0.3, 0.4) is 0 Å². The van der Waals surface area contributed by atoms with E-state index in [0.717, 1.165) is 5.56 Å². The molecule has 3 N–H and O–H groups in total. The number of benzene rings is 2. The lowest BCUT2D eigenvalue weighted by molar-refractivity contribution is 0.0955. The number of hydrogen-bond donors (Lipinski definition) is 2. The second-order valence-corrected chi connectivity index (χ2v) is 7.14. The normalized spacial score (nSPS) is 11.1. The smallest absolute Gasteiger partial charge is 0.271 e. The van der Waals surface area contributed by atoms with Crippen molar-refractivity contribution in [2.24, 2.45) is 5.10 Å². The van der Waals surface area contributed by atoms with Crippen molar-refractivity contribution < 1.29 is 4.79 Å². The summed E-state index contributed by atoms with van der Waals surface area (Å²) in [6, 6.07) is 11.8. The molecule has 1 aromatic heterocycles. The summed E-state index contributed by atoms with van der Waals surface area (Å²) >= 11 is 18.9. The Morgan fingerprint density at radius 1 is 1.18 bits per heavy atom. The van der Waals surface area contributed by atoms with Gasteiger partial charge in [0, 0.05) is 26.9 Å². The molecule has 3 rings (SSSR count). The monoisotopic (exact) mass is 435 g/mol. The van der Waals surface area contributed by atoms with E-state index in [1.165, 1.54) is 6.21 Å². The molecule has 3 aromatic rings. The molecule has 2 aromatic carbocycles. The Hall–Kier alpha value is -2.54. The minimum absolute atomic E-state index is 0.309. The SMILES string of the molecule is Cc1nn(Cc2c(Cl)cccc2Cl)c(Cl)c1/C=N/NC(=O)c1ccc(N)cc1. The minimum atomic E-state index is -0.361. The van der Waals surface area contributed by atoms with Gasteiger partial charge in [0.05, 0.1) is 24.0 Å². The van der Waals surface area contributed by atoms with Gasteiger partial charge < -0.3 is 5.73 Å². The van der Waals surface area contributed by atoms with Gasteiger partial charge in [-0.1, -0.05) is 40.9 Å². The lowest BCUT2D eigenvalue weighted by Crippen LogP contribution is -2.17. The number of amides is 1. The highest BCUT2D eigenvalue weighted by atomic mass is 35.5. The van der Waals surface area contributed by atoms with Gasteiger partial charge in [0.2, 0.25) is 0 Å². The molecular weight excluding hydrogens is 421 g/mol. The van der Waals surface area contributed by atoms with E-state index in [1.54, 1.807) is 54.1 Å². The molecule has 28 heavy (non-hydrogen) atoms. The Balaban J connectivity index is 1.75. The molecule has 6 nitrogen and oxygen atoms in total. The molecule has 0 aliphatic rings. The van der Waals surface area contributed by atoms with Crippen molar-refractivity contribution in [3.8, 4) is 0 Å². The molecule has 0 radical (unpaired) electrons. The van der Waals surface area contributed by atoms with Gasteiger partial charge in [0.1, 0.15) is 5.15 Å². The molecule has 0 spiro atoms. The number of nitrogens with two attached hydrogens (primary N) is 1. The molecule has 144 valence electrons. The average Bonchev–Trinajstić information content (AvgIpc) is 2.92. The topological polar surface area (TPSA) is 85.3 Å². The molecule has 0 atom stereocenters. The Labute approximate surface area is 176 Å². The van der Waals surface area contributed by atoms with Crippen LogP contribution < -0.4 is 11.2 Å². The first kappa shape index (κ1) is 20.2. The van der Waals surface area contributed by atoms with Gasteiger partial charge in [0.25, 0.3) is 5.91 Å². The summed E-state index contributed by atoms with van der Waals surface area (Å²) in [6.45, 7) is 2.10. The van der Waals surface area contributed by atoms with E-state index in [-0.39, 0.29) is 5.91 Å². The Morgan fingerprint density at radius 2 is 1.82 bits per heavy atom. The van der Waals surface area contributed by atoms with Crippen LogP contribution >= 0.6 is 34.8 Å². The first-order valence-electron chi connectivity index (χ1n) is 8.21. The van der Waals surface area contributed by atoms with E-state index in [9.17, 15) is 4.79 Å². The van der Waals surface area contributed by atoms with Crippen molar-refractivity contribution >= 4 is 52.6 Å². The zero-order valence-electron chi connectivity index (χ0n) is 14.8. The number of halogens is 3. The maximum Gasteiger partial charge on any atom is 0.271 e. The second-order valence-electron chi connectivity index (χ2n) is 5.97. The fourth-order valence-corrected chi connectivity index (χ4v) is 3.31. The Morgan fingerprint density at radius 3 is 2.46 bits per heavy atom. The summed E-state index contributed by atoms with van der Waals surface area (Å²) in [4.78, 5) is 12.1. The standard InChI is InChI=1S/C19H16Cl3N5O/c1-11-14(9-24-25-19(28)12-5-7-13(23)8-6-12)18(22)27(26-11)10-15-16(20)3-2-4-17(15)21/h2-9H,10,23H2,1H3,(H,25,28)/b24-9+. The van der Waals surface area contributed by atoms with Crippen molar-refractivity contribution in [1.29, 1.82) is 0 Å². The van der Waals surface area contributed by atoms with Crippen molar-refractivity contribution in [2.45, 2.75) is 13.5 Å². The fourth-order valence-electron chi connectivity index (χ4n) is 2.51. The number of carbonyl (C=O) groups excluding carboxylic acids is 1. The summed E-state index contributed by atoms with van der Waals surface area (Å²) in [7, 11) is 0. The molecule has 0 aliphatic heterocycles. The van der Waals surface area contributed by atoms with E-state index in [2.05, 4.69) is 15.6 Å². The lowest BCUT2D eigenvalue weighted by atomic mass is 10.2. The highest BCUT2D eigenvalue weighted by Gasteiger charge is 2.15. The predicted octanol–water partition coefficient (Wildman–Crippen LogP) is 4.55. The van der Waals surface area contributed by atoms with Gasteiger partial charge >= 0.3 is 0 Å². The van der Waals surface area contributed by atoms with Gasteiger partial charge in [-0.25, -0.2) is 10.1 Å². The molecule has 1 amide bonds. The average molecular weight is 437 g/mol. The van der Waals surface area contributed by atoms with Crippen molar-refractivity contribution in [3.63, 3.8) is 0 Å². The lowest BCUT2D eigenvalue weighted by Gasteiger charge is -2.08. The number of hydrazone groups is 1. The third-order valence-electron chi connectivity index (χ3n) is 4.01. The molecule has 9 heteroatoms. The molecule has 1 heterocycles. The van der Waals surface area contributed by atoms with Gasteiger partial charge in [-0.15, -0.1) is 0 Å². The van der Waals surface area contributed by atoms with E-state index in [4.69, 9.17) is 40.5 Å². The number of rotatable bonds is 5. The largest absolute Gasteiger partial charge is 0.399 e. The molecule has 0 fully saturated rings. The number of aromatic nitrogens is 2. The first-order valence-corrected chi connectivity index (χ1v) is 9.35. The second kappa shape index (κ2) is 8.65. The van der Waals surface area contributed by atoms with Crippen LogP contribution in [0.4, 0.5) is 5.69 Å². The molecule has 0 aliphatic carbocycles. The van der Waals surface area contributed by atoms with E-state index in [1.807, 2.05) is 0 Å². The first-order chi connectivity index (χ1) is 13.4. The van der Waals surface area contributed by atoms with Crippen LogP contribution in [0.2, 0.25) is 15.2 Å². The maximum absolute atomic E-state index is 12.1. The summed E-state index contributed by atoms with van der Waals surface area (Å²) in [6.07, 6.45) is 1.45. The van der Waals surface area contributed by atoms with Crippen LogP contribution in [0.25, 0.3) is 0 Å². The molecule has 0 unspecified atom stereocenters. The van der Waals surface area contributed by atoms with Gasteiger partial charge in [-0.05, 0) is 43.3 Å². The third kappa shape index (κ3) is 4.47.